The number of hydrogen-bond donors (Lipinski definition) is 1. The third kappa shape index (κ3) is 4.33. The minimum absolute atomic E-state index is 0.341. The van der Waals surface area contributed by atoms with Crippen LogP contribution in [0, 0.1) is 11.3 Å². The number of aliphatic hydroxyl groups is 1. The van der Waals surface area contributed by atoms with Crippen LogP contribution in [0.5, 0.6) is 5.75 Å². The maximum atomic E-state index is 9.74. The smallest absolute Gasteiger partial charge is 0.214 e. The van der Waals surface area contributed by atoms with Gasteiger partial charge in [0.25, 0.3) is 0 Å². The van der Waals surface area contributed by atoms with E-state index in [0.29, 0.717) is 23.7 Å². The van der Waals surface area contributed by atoms with E-state index in [2.05, 4.69) is 16.2 Å². The maximum Gasteiger partial charge on any atom is 0.214 e. The summed E-state index contributed by atoms with van der Waals surface area (Å²) < 4.78 is 10.1. The number of fused-ring (bicyclic) bond motifs is 1. The summed E-state index contributed by atoms with van der Waals surface area (Å²) in [7, 11) is 0. The SMILES string of the molecule is CCCOc1ccccc1C#N.OC1CCc2c(-c3ncon3)cccc21. The molecule has 3 aromatic rings. The van der Waals surface area contributed by atoms with E-state index in [1.165, 1.54) is 6.39 Å². The Morgan fingerprint density at radius 2 is 2.11 bits per heavy atom. The molecule has 1 aromatic heterocycles. The van der Waals surface area contributed by atoms with Crippen LogP contribution in [0.2, 0.25) is 0 Å². The lowest BCUT2D eigenvalue weighted by molar-refractivity contribution is 0.180. The molecule has 4 rings (SSSR count). The zero-order valence-corrected chi connectivity index (χ0v) is 15.1. The summed E-state index contributed by atoms with van der Waals surface area (Å²) in [6.45, 7) is 2.70. The molecule has 1 unspecified atom stereocenters. The van der Waals surface area contributed by atoms with E-state index in [4.69, 9.17) is 14.5 Å². The standard InChI is InChI=1S/C11H10N2O2.C10H11NO/c14-10-5-4-7-8(10)2-1-3-9(7)11-12-6-15-13-11;1-2-7-12-10-6-4-3-5-9(10)8-11/h1-3,6,10,14H,4-5H2;3-6H,2,7H2,1H3. The molecule has 6 nitrogen and oxygen atoms in total. The first kappa shape index (κ1) is 18.6. The topological polar surface area (TPSA) is 92.2 Å². The predicted molar refractivity (Wildman–Crippen MR) is 100.0 cm³/mol. The van der Waals surface area contributed by atoms with E-state index in [-0.39, 0.29) is 6.10 Å². The molecule has 1 aliphatic carbocycles. The van der Waals surface area contributed by atoms with Gasteiger partial charge in [0.15, 0.2) is 0 Å². The van der Waals surface area contributed by atoms with Crippen molar-refractivity contribution in [3.63, 3.8) is 0 Å². The van der Waals surface area contributed by atoms with Crippen molar-refractivity contribution in [3.05, 3.63) is 65.5 Å². The number of rotatable bonds is 4. The molecule has 0 saturated carbocycles. The first-order valence-electron chi connectivity index (χ1n) is 8.93. The van der Waals surface area contributed by atoms with E-state index < -0.39 is 0 Å². The average Bonchev–Trinajstić information content (AvgIpc) is 3.37. The van der Waals surface area contributed by atoms with Gasteiger partial charge in [0.2, 0.25) is 12.2 Å². The van der Waals surface area contributed by atoms with Gasteiger partial charge in [-0.15, -0.1) is 0 Å². The molecule has 0 bridgehead atoms. The minimum atomic E-state index is -0.341. The summed E-state index contributed by atoms with van der Waals surface area (Å²) in [4.78, 5) is 4.03. The van der Waals surface area contributed by atoms with Crippen molar-refractivity contribution in [2.24, 2.45) is 0 Å². The number of ether oxygens (including phenoxy) is 1. The van der Waals surface area contributed by atoms with Crippen molar-refractivity contribution in [2.45, 2.75) is 32.3 Å². The molecule has 6 heteroatoms. The zero-order valence-electron chi connectivity index (χ0n) is 15.1. The number of nitrogens with zero attached hydrogens (tertiary/aromatic N) is 3. The second-order valence-corrected chi connectivity index (χ2v) is 6.14. The van der Waals surface area contributed by atoms with E-state index in [0.717, 1.165) is 36.0 Å². The maximum absolute atomic E-state index is 9.74. The van der Waals surface area contributed by atoms with Gasteiger partial charge in [-0.3, -0.25) is 0 Å². The summed E-state index contributed by atoms with van der Waals surface area (Å²) in [6.07, 6.45) is 3.59. The van der Waals surface area contributed by atoms with Gasteiger partial charge >= 0.3 is 0 Å². The second-order valence-electron chi connectivity index (χ2n) is 6.14. The number of hydrogen-bond acceptors (Lipinski definition) is 6. The summed E-state index contributed by atoms with van der Waals surface area (Å²) >= 11 is 0. The van der Waals surface area contributed by atoms with Gasteiger partial charge in [-0.25, -0.2) is 0 Å². The van der Waals surface area contributed by atoms with Crippen LogP contribution in [0.15, 0.2) is 53.4 Å². The number of nitriles is 1. The van der Waals surface area contributed by atoms with E-state index in [1.54, 1.807) is 6.07 Å². The van der Waals surface area contributed by atoms with Gasteiger partial charge in [-0.1, -0.05) is 42.4 Å². The van der Waals surface area contributed by atoms with Crippen LogP contribution in [-0.2, 0) is 6.42 Å². The van der Waals surface area contributed by atoms with Crippen molar-refractivity contribution in [3.8, 4) is 23.2 Å². The van der Waals surface area contributed by atoms with Gasteiger partial charge in [-0.05, 0) is 42.5 Å². The molecule has 1 N–H and O–H groups in total. The lowest BCUT2D eigenvalue weighted by atomic mass is 10.0. The van der Waals surface area contributed by atoms with Crippen LogP contribution < -0.4 is 4.74 Å². The first-order chi connectivity index (χ1) is 13.2. The monoisotopic (exact) mass is 363 g/mol. The Balaban J connectivity index is 0.000000161. The Labute approximate surface area is 158 Å². The Bertz CT molecular complexity index is 917. The molecule has 1 aliphatic rings. The molecule has 0 aliphatic heterocycles. The molecule has 0 spiro atoms. The first-order valence-corrected chi connectivity index (χ1v) is 8.93. The highest BCUT2D eigenvalue weighted by atomic mass is 16.5. The van der Waals surface area contributed by atoms with Crippen LogP contribution in [0.1, 0.15) is 42.6 Å². The predicted octanol–water partition coefficient (Wildman–Crippen LogP) is 4.06. The van der Waals surface area contributed by atoms with E-state index in [1.807, 2.05) is 43.3 Å². The highest BCUT2D eigenvalue weighted by molar-refractivity contribution is 5.63. The molecule has 1 heterocycles. The summed E-state index contributed by atoms with van der Waals surface area (Å²) in [5.74, 6) is 1.28. The minimum Gasteiger partial charge on any atom is -0.492 e. The molecule has 1 atom stereocenters. The van der Waals surface area contributed by atoms with Gasteiger partial charge in [0, 0.05) is 5.56 Å². The molecule has 0 radical (unpaired) electrons. The Kier molecular flexibility index (Phi) is 6.18. The van der Waals surface area contributed by atoms with Crippen molar-refractivity contribution < 1.29 is 14.4 Å². The largest absolute Gasteiger partial charge is 0.492 e. The number of aromatic nitrogens is 2. The van der Waals surface area contributed by atoms with E-state index in [9.17, 15) is 5.11 Å². The molecule has 0 fully saturated rings. The van der Waals surface area contributed by atoms with Gasteiger partial charge in [0.05, 0.1) is 18.3 Å². The normalized spacial score (nSPS) is 14.6. The fraction of sp³-hybridized carbons (Fsp3) is 0.286. The Hall–Kier alpha value is -3.17. The number of benzene rings is 2. The summed E-state index contributed by atoms with van der Waals surface area (Å²) in [5.41, 5.74) is 3.72. The second kappa shape index (κ2) is 8.97. The molecule has 0 amide bonds. The lowest BCUT2D eigenvalue weighted by Gasteiger charge is -2.05. The van der Waals surface area contributed by atoms with Gasteiger partial charge in [-0.2, -0.15) is 10.2 Å². The summed E-state index contributed by atoms with van der Waals surface area (Å²) in [6, 6.07) is 15.2. The quantitative estimate of drug-likeness (QED) is 0.751. The fourth-order valence-electron chi connectivity index (χ4n) is 3.03. The molecule has 2 aromatic carbocycles. The third-order valence-corrected chi connectivity index (χ3v) is 4.31. The van der Waals surface area contributed by atoms with Crippen LogP contribution in [-0.4, -0.2) is 21.9 Å². The molecular weight excluding hydrogens is 342 g/mol. The van der Waals surface area contributed by atoms with Crippen molar-refractivity contribution >= 4 is 0 Å². The molecule has 0 saturated heterocycles. The van der Waals surface area contributed by atoms with Crippen molar-refractivity contribution in [2.75, 3.05) is 6.61 Å². The van der Waals surface area contributed by atoms with Crippen molar-refractivity contribution in [1.82, 2.24) is 10.1 Å². The van der Waals surface area contributed by atoms with Gasteiger partial charge < -0.3 is 14.4 Å². The highest BCUT2D eigenvalue weighted by Crippen LogP contribution is 2.36. The lowest BCUT2D eigenvalue weighted by Crippen LogP contribution is -1.96. The van der Waals surface area contributed by atoms with Crippen LogP contribution in [0.25, 0.3) is 11.4 Å². The van der Waals surface area contributed by atoms with Crippen LogP contribution >= 0.6 is 0 Å². The zero-order chi connectivity index (χ0) is 19.1. The van der Waals surface area contributed by atoms with Crippen LogP contribution in [0.3, 0.4) is 0 Å². The Morgan fingerprint density at radius 1 is 1.26 bits per heavy atom. The van der Waals surface area contributed by atoms with Crippen molar-refractivity contribution in [1.29, 1.82) is 5.26 Å². The third-order valence-electron chi connectivity index (χ3n) is 4.31. The Morgan fingerprint density at radius 3 is 2.85 bits per heavy atom. The number of aliphatic hydroxyl groups excluding tert-OH is 1. The fourth-order valence-corrected chi connectivity index (χ4v) is 3.03. The highest BCUT2D eigenvalue weighted by Gasteiger charge is 2.23. The van der Waals surface area contributed by atoms with E-state index >= 15 is 0 Å². The summed E-state index contributed by atoms with van der Waals surface area (Å²) in [5, 5.41) is 22.2. The van der Waals surface area contributed by atoms with Crippen LogP contribution in [0.4, 0.5) is 0 Å². The average molecular weight is 363 g/mol. The van der Waals surface area contributed by atoms with Gasteiger partial charge in [0.1, 0.15) is 11.8 Å². The molecular formula is C21H21N3O3. The molecule has 27 heavy (non-hydrogen) atoms. The number of para-hydroxylation sites is 1. The molecule has 138 valence electrons.